The lowest BCUT2D eigenvalue weighted by Crippen LogP contribution is -2.36. The molecule has 0 unspecified atom stereocenters. The summed E-state index contributed by atoms with van der Waals surface area (Å²) in [6.07, 6.45) is 3.71. The van der Waals surface area contributed by atoms with E-state index in [-0.39, 0.29) is 11.4 Å². The molecule has 0 aliphatic heterocycles. The Balaban J connectivity index is 1.55. The zero-order chi connectivity index (χ0) is 20.3. The summed E-state index contributed by atoms with van der Waals surface area (Å²) in [5, 5.41) is 14.7. The second kappa shape index (κ2) is 7.88. The molecule has 2 aromatic heterocycles. The van der Waals surface area contributed by atoms with Crippen LogP contribution in [0.2, 0.25) is 0 Å². The van der Waals surface area contributed by atoms with Crippen molar-refractivity contribution in [1.82, 2.24) is 30.2 Å². The molecule has 2 heterocycles. The Hall–Kier alpha value is -3.09. The number of hydrogen-bond acceptors (Lipinski definition) is 3. The topological polar surface area (TPSA) is 78.8 Å². The molecule has 7 heteroatoms. The average molecular weight is 380 g/mol. The minimum atomic E-state index is -0.143. The number of nitrogens with zero attached hydrogens (tertiary/aromatic N) is 4. The third kappa shape index (κ3) is 4.60. The van der Waals surface area contributed by atoms with E-state index >= 15 is 0 Å². The molecule has 0 saturated carbocycles. The molecule has 0 radical (unpaired) electrons. The third-order valence-electron chi connectivity index (χ3n) is 4.60. The monoisotopic (exact) mass is 380 g/mol. The Morgan fingerprint density at radius 1 is 1.29 bits per heavy atom. The van der Waals surface area contributed by atoms with Crippen LogP contribution >= 0.6 is 0 Å². The number of para-hydroxylation sites is 1. The maximum Gasteiger partial charge on any atom is 0.317 e. The van der Waals surface area contributed by atoms with Gasteiger partial charge in [-0.25, -0.2) is 9.48 Å². The van der Waals surface area contributed by atoms with Crippen molar-refractivity contribution >= 4 is 6.03 Å². The van der Waals surface area contributed by atoms with E-state index in [1.165, 1.54) is 0 Å². The van der Waals surface area contributed by atoms with Gasteiger partial charge in [0, 0.05) is 30.8 Å². The van der Waals surface area contributed by atoms with Crippen LogP contribution in [0.3, 0.4) is 0 Å². The van der Waals surface area contributed by atoms with Crippen molar-refractivity contribution in [2.24, 2.45) is 0 Å². The van der Waals surface area contributed by atoms with Crippen LogP contribution in [-0.4, -0.2) is 38.0 Å². The predicted octanol–water partition coefficient (Wildman–Crippen LogP) is 3.54. The summed E-state index contributed by atoms with van der Waals surface area (Å²) >= 11 is 0. The SMILES string of the molecule is Cc1ccccc1-n1cc(CNC(=O)N(C)Cc2cc(C(C)(C)C)n[nH]2)cn1. The van der Waals surface area contributed by atoms with Crippen LogP contribution in [-0.2, 0) is 18.5 Å². The highest BCUT2D eigenvalue weighted by Crippen LogP contribution is 2.20. The second-order valence-electron chi connectivity index (χ2n) is 8.12. The minimum Gasteiger partial charge on any atom is -0.334 e. The van der Waals surface area contributed by atoms with Crippen molar-refractivity contribution in [3.8, 4) is 5.69 Å². The number of H-pyrrole nitrogens is 1. The van der Waals surface area contributed by atoms with Gasteiger partial charge in [-0.1, -0.05) is 39.0 Å². The van der Waals surface area contributed by atoms with Crippen molar-refractivity contribution in [1.29, 1.82) is 0 Å². The maximum absolute atomic E-state index is 12.4. The van der Waals surface area contributed by atoms with Crippen molar-refractivity contribution < 1.29 is 4.79 Å². The van der Waals surface area contributed by atoms with Crippen LogP contribution in [0.5, 0.6) is 0 Å². The number of aromatic nitrogens is 4. The number of amides is 2. The number of aryl methyl sites for hydroxylation is 1. The molecule has 0 fully saturated rings. The lowest BCUT2D eigenvalue weighted by atomic mass is 9.92. The zero-order valence-corrected chi connectivity index (χ0v) is 17.2. The number of urea groups is 1. The largest absolute Gasteiger partial charge is 0.334 e. The summed E-state index contributed by atoms with van der Waals surface area (Å²) in [4.78, 5) is 14.0. The van der Waals surface area contributed by atoms with E-state index in [1.54, 1.807) is 18.1 Å². The highest BCUT2D eigenvalue weighted by molar-refractivity contribution is 5.73. The van der Waals surface area contributed by atoms with E-state index in [9.17, 15) is 4.79 Å². The van der Waals surface area contributed by atoms with Crippen LogP contribution in [0.1, 0.15) is 43.3 Å². The summed E-state index contributed by atoms with van der Waals surface area (Å²) in [6, 6.07) is 9.93. The fourth-order valence-corrected chi connectivity index (χ4v) is 2.87. The molecule has 0 spiro atoms. The lowest BCUT2D eigenvalue weighted by Gasteiger charge is -2.17. The summed E-state index contributed by atoms with van der Waals surface area (Å²) < 4.78 is 1.83. The molecule has 0 bridgehead atoms. The Morgan fingerprint density at radius 3 is 2.71 bits per heavy atom. The minimum absolute atomic E-state index is 0.0210. The van der Waals surface area contributed by atoms with E-state index in [0.29, 0.717) is 13.1 Å². The smallest absolute Gasteiger partial charge is 0.317 e. The predicted molar refractivity (Wildman–Crippen MR) is 109 cm³/mol. The molecular formula is C21H28N6O. The van der Waals surface area contributed by atoms with E-state index in [1.807, 2.05) is 48.1 Å². The van der Waals surface area contributed by atoms with E-state index in [4.69, 9.17) is 0 Å². The normalized spacial score (nSPS) is 11.5. The van der Waals surface area contributed by atoms with Crippen LogP contribution < -0.4 is 5.32 Å². The van der Waals surface area contributed by atoms with Crippen LogP contribution in [0.4, 0.5) is 4.79 Å². The van der Waals surface area contributed by atoms with Crippen LogP contribution in [0.15, 0.2) is 42.7 Å². The number of hydrogen-bond donors (Lipinski definition) is 2. The molecule has 3 rings (SSSR count). The number of carbonyl (C=O) groups excluding carboxylic acids is 1. The molecule has 0 aliphatic rings. The van der Waals surface area contributed by atoms with Gasteiger partial charge in [-0.2, -0.15) is 10.2 Å². The molecule has 0 atom stereocenters. The number of aromatic amines is 1. The molecule has 7 nitrogen and oxygen atoms in total. The summed E-state index contributed by atoms with van der Waals surface area (Å²) in [5.74, 6) is 0. The molecule has 28 heavy (non-hydrogen) atoms. The highest BCUT2D eigenvalue weighted by atomic mass is 16.2. The zero-order valence-electron chi connectivity index (χ0n) is 17.2. The Kier molecular flexibility index (Phi) is 5.53. The maximum atomic E-state index is 12.4. The van der Waals surface area contributed by atoms with E-state index in [0.717, 1.165) is 28.2 Å². The first-order valence-electron chi connectivity index (χ1n) is 9.37. The first-order valence-corrected chi connectivity index (χ1v) is 9.37. The number of rotatable bonds is 5. The van der Waals surface area contributed by atoms with Gasteiger partial charge in [0.05, 0.1) is 29.8 Å². The van der Waals surface area contributed by atoms with Gasteiger partial charge < -0.3 is 10.2 Å². The van der Waals surface area contributed by atoms with Gasteiger partial charge in [-0.3, -0.25) is 5.10 Å². The average Bonchev–Trinajstić information content (AvgIpc) is 3.29. The van der Waals surface area contributed by atoms with E-state index < -0.39 is 0 Å². The van der Waals surface area contributed by atoms with Gasteiger partial charge in [-0.15, -0.1) is 0 Å². The Labute approximate surface area is 165 Å². The van der Waals surface area contributed by atoms with Gasteiger partial charge in [0.25, 0.3) is 0 Å². The van der Waals surface area contributed by atoms with Gasteiger partial charge in [0.1, 0.15) is 0 Å². The van der Waals surface area contributed by atoms with E-state index in [2.05, 4.69) is 41.4 Å². The van der Waals surface area contributed by atoms with Gasteiger partial charge in [-0.05, 0) is 24.6 Å². The molecule has 148 valence electrons. The highest BCUT2D eigenvalue weighted by Gasteiger charge is 2.18. The van der Waals surface area contributed by atoms with Gasteiger partial charge >= 0.3 is 6.03 Å². The number of benzene rings is 1. The summed E-state index contributed by atoms with van der Waals surface area (Å²) in [6.45, 7) is 9.28. The molecule has 0 aliphatic carbocycles. The Morgan fingerprint density at radius 2 is 2.04 bits per heavy atom. The van der Waals surface area contributed by atoms with Crippen LogP contribution in [0, 0.1) is 6.92 Å². The van der Waals surface area contributed by atoms with Crippen molar-refractivity contribution in [3.05, 3.63) is 65.2 Å². The molecule has 3 aromatic rings. The van der Waals surface area contributed by atoms with Gasteiger partial charge in [0.15, 0.2) is 0 Å². The number of nitrogens with one attached hydrogen (secondary N) is 2. The quantitative estimate of drug-likeness (QED) is 0.710. The lowest BCUT2D eigenvalue weighted by molar-refractivity contribution is 0.206. The van der Waals surface area contributed by atoms with Gasteiger partial charge in [0.2, 0.25) is 0 Å². The molecule has 0 saturated heterocycles. The molecule has 1 aromatic carbocycles. The molecular weight excluding hydrogens is 352 g/mol. The molecule has 2 N–H and O–H groups in total. The fraction of sp³-hybridized carbons (Fsp3) is 0.381. The van der Waals surface area contributed by atoms with Crippen molar-refractivity contribution in [2.45, 2.75) is 46.2 Å². The summed E-state index contributed by atoms with van der Waals surface area (Å²) in [5.41, 5.74) is 5.00. The second-order valence-corrected chi connectivity index (χ2v) is 8.12. The molecule has 2 amide bonds. The summed E-state index contributed by atoms with van der Waals surface area (Å²) in [7, 11) is 1.77. The van der Waals surface area contributed by atoms with Crippen molar-refractivity contribution in [3.63, 3.8) is 0 Å². The number of carbonyl (C=O) groups is 1. The van der Waals surface area contributed by atoms with Crippen LogP contribution in [0.25, 0.3) is 5.69 Å². The first kappa shape index (κ1) is 19.7. The third-order valence-corrected chi connectivity index (χ3v) is 4.60. The first-order chi connectivity index (χ1) is 13.2. The van der Waals surface area contributed by atoms with Crippen molar-refractivity contribution in [2.75, 3.05) is 7.05 Å². The Bertz CT molecular complexity index is 950. The fourth-order valence-electron chi connectivity index (χ4n) is 2.87. The standard InChI is InChI=1S/C21H28N6O/c1-15-8-6-7-9-18(15)27-13-16(12-23-27)11-22-20(28)26(5)14-17-10-19(25-24-17)21(2,3)4/h6-10,12-13H,11,14H2,1-5H3,(H,22,28)(H,24,25).